The number of carbonyl (C=O) groups excluding carboxylic acids is 1. The molecule has 1 aliphatic rings. The lowest BCUT2D eigenvalue weighted by Gasteiger charge is -2.30. The Kier molecular flexibility index (Phi) is 5.13. The maximum absolute atomic E-state index is 12.6. The topological polar surface area (TPSA) is 58.1 Å². The Labute approximate surface area is 144 Å². The van der Waals surface area contributed by atoms with E-state index in [9.17, 15) is 4.79 Å². The number of aromatic nitrogens is 2. The molecule has 5 nitrogen and oxygen atoms in total. The van der Waals surface area contributed by atoms with Gasteiger partial charge in [-0.1, -0.05) is 23.0 Å². The van der Waals surface area contributed by atoms with E-state index in [1.165, 1.54) is 19.3 Å². The molecule has 1 N–H and O–H groups in total. The van der Waals surface area contributed by atoms with Gasteiger partial charge >= 0.3 is 0 Å². The minimum atomic E-state index is -0.169. The van der Waals surface area contributed by atoms with E-state index >= 15 is 0 Å². The Morgan fingerprint density at radius 3 is 2.87 bits per heavy atom. The first kappa shape index (κ1) is 16.2. The van der Waals surface area contributed by atoms with Crippen molar-refractivity contribution in [2.24, 2.45) is 0 Å². The summed E-state index contributed by atoms with van der Waals surface area (Å²) in [5.74, 6) is -0.169. The Hall–Kier alpha value is -1.66. The van der Waals surface area contributed by atoms with Gasteiger partial charge in [-0.15, -0.1) is 5.10 Å². The van der Waals surface area contributed by atoms with Crippen LogP contribution >= 0.6 is 23.1 Å². The molecule has 0 saturated carbocycles. The summed E-state index contributed by atoms with van der Waals surface area (Å²) < 4.78 is 3.88. The molecule has 1 saturated heterocycles. The summed E-state index contributed by atoms with van der Waals surface area (Å²) in [4.78, 5) is 15.4. The van der Waals surface area contributed by atoms with E-state index in [0.29, 0.717) is 16.3 Å². The van der Waals surface area contributed by atoms with Gasteiger partial charge in [0.25, 0.3) is 5.91 Å². The van der Waals surface area contributed by atoms with Gasteiger partial charge < -0.3 is 10.2 Å². The Morgan fingerprint density at radius 1 is 1.35 bits per heavy atom. The molecule has 0 unspecified atom stereocenters. The molecule has 1 aromatic carbocycles. The molecule has 0 bridgehead atoms. The molecule has 0 radical (unpaired) electrons. The van der Waals surface area contributed by atoms with Crippen LogP contribution < -0.4 is 10.2 Å². The van der Waals surface area contributed by atoms with Crippen LogP contribution in [0.25, 0.3) is 0 Å². The lowest BCUT2D eigenvalue weighted by atomic mass is 10.1. The summed E-state index contributed by atoms with van der Waals surface area (Å²) in [5.41, 5.74) is 2.51. The van der Waals surface area contributed by atoms with Crippen molar-refractivity contribution >= 4 is 40.4 Å². The molecule has 1 aliphatic heterocycles. The number of halogens is 1. The molecule has 0 spiro atoms. The molecule has 0 aliphatic carbocycles. The van der Waals surface area contributed by atoms with Crippen molar-refractivity contribution in [1.82, 2.24) is 9.59 Å². The summed E-state index contributed by atoms with van der Waals surface area (Å²) in [6, 6.07) is 5.66. The van der Waals surface area contributed by atoms with Crippen molar-refractivity contribution in [1.29, 1.82) is 0 Å². The maximum atomic E-state index is 12.6. The van der Waals surface area contributed by atoms with Gasteiger partial charge in [-0.2, -0.15) is 0 Å². The second kappa shape index (κ2) is 7.27. The molecule has 2 aromatic rings. The zero-order chi connectivity index (χ0) is 16.2. The number of nitrogens with zero attached hydrogens (tertiary/aromatic N) is 3. The van der Waals surface area contributed by atoms with E-state index in [1.54, 1.807) is 0 Å². The fraction of sp³-hybridized carbons (Fsp3) is 0.438. The minimum Gasteiger partial charge on any atom is -0.370 e. The van der Waals surface area contributed by atoms with Crippen molar-refractivity contribution in [3.63, 3.8) is 0 Å². The van der Waals surface area contributed by atoms with Crippen LogP contribution in [0, 0.1) is 0 Å². The number of piperidine rings is 1. The highest BCUT2D eigenvalue weighted by Gasteiger charge is 2.19. The van der Waals surface area contributed by atoms with Crippen LogP contribution in [-0.4, -0.2) is 28.6 Å². The predicted molar refractivity (Wildman–Crippen MR) is 94.8 cm³/mol. The monoisotopic (exact) mass is 350 g/mol. The van der Waals surface area contributed by atoms with Crippen molar-refractivity contribution in [2.45, 2.75) is 32.6 Å². The fourth-order valence-electron chi connectivity index (χ4n) is 2.81. The lowest BCUT2D eigenvalue weighted by molar-refractivity contribution is 0.102. The third-order valence-corrected chi connectivity index (χ3v) is 5.00. The van der Waals surface area contributed by atoms with Crippen LogP contribution in [0.15, 0.2) is 18.2 Å². The third-order valence-electron chi connectivity index (χ3n) is 4.00. The number of anilines is 2. The molecule has 0 atom stereocenters. The average molecular weight is 351 g/mol. The molecular weight excluding hydrogens is 332 g/mol. The number of hydrogen-bond acceptors (Lipinski definition) is 5. The summed E-state index contributed by atoms with van der Waals surface area (Å²) >= 11 is 7.26. The van der Waals surface area contributed by atoms with E-state index in [2.05, 4.69) is 19.8 Å². The summed E-state index contributed by atoms with van der Waals surface area (Å²) in [6.07, 6.45) is 4.30. The predicted octanol–water partition coefficient (Wildman–Crippen LogP) is 4.00. The summed E-state index contributed by atoms with van der Waals surface area (Å²) in [6.45, 7) is 3.98. The first-order chi connectivity index (χ1) is 11.2. The highest BCUT2D eigenvalue weighted by atomic mass is 35.5. The van der Waals surface area contributed by atoms with Gasteiger partial charge in [-0.25, -0.2) is 0 Å². The van der Waals surface area contributed by atoms with Crippen molar-refractivity contribution in [3.05, 3.63) is 33.8 Å². The van der Waals surface area contributed by atoms with Crippen LogP contribution in [0.5, 0.6) is 0 Å². The molecular formula is C16H19ClN4OS. The second-order valence-corrected chi connectivity index (χ2v) is 6.76. The Morgan fingerprint density at radius 2 is 2.13 bits per heavy atom. The van der Waals surface area contributed by atoms with Crippen LogP contribution in [0.4, 0.5) is 11.4 Å². The lowest BCUT2D eigenvalue weighted by Crippen LogP contribution is -2.30. The summed E-state index contributed by atoms with van der Waals surface area (Å²) in [7, 11) is 0. The number of aryl methyl sites for hydroxylation is 1. The van der Waals surface area contributed by atoms with Gasteiger partial charge in [0.1, 0.15) is 4.88 Å². The molecule has 1 fully saturated rings. The van der Waals surface area contributed by atoms with E-state index in [-0.39, 0.29) is 5.91 Å². The summed E-state index contributed by atoms with van der Waals surface area (Å²) in [5, 5.41) is 7.60. The van der Waals surface area contributed by atoms with Crippen LogP contribution in [0.2, 0.25) is 5.02 Å². The molecule has 2 heterocycles. The number of rotatable bonds is 4. The molecule has 122 valence electrons. The number of amides is 1. The smallest absolute Gasteiger partial charge is 0.269 e. The van der Waals surface area contributed by atoms with E-state index in [0.717, 1.165) is 41.7 Å². The zero-order valence-electron chi connectivity index (χ0n) is 13.0. The Bertz CT molecular complexity index is 697. The molecule has 23 heavy (non-hydrogen) atoms. The molecule has 1 amide bonds. The molecule has 3 rings (SSSR count). The van der Waals surface area contributed by atoms with Gasteiger partial charge in [0.2, 0.25) is 0 Å². The molecule has 7 heteroatoms. The van der Waals surface area contributed by atoms with Gasteiger partial charge in [-0.3, -0.25) is 4.79 Å². The van der Waals surface area contributed by atoms with E-state index < -0.39 is 0 Å². The average Bonchev–Trinajstić information content (AvgIpc) is 3.04. The highest BCUT2D eigenvalue weighted by Crippen LogP contribution is 2.32. The van der Waals surface area contributed by atoms with Crippen molar-refractivity contribution in [3.8, 4) is 0 Å². The van der Waals surface area contributed by atoms with E-state index in [4.69, 9.17) is 11.6 Å². The van der Waals surface area contributed by atoms with Gasteiger partial charge in [-0.05, 0) is 55.4 Å². The first-order valence-electron chi connectivity index (χ1n) is 7.86. The van der Waals surface area contributed by atoms with Crippen molar-refractivity contribution in [2.75, 3.05) is 23.3 Å². The van der Waals surface area contributed by atoms with Crippen LogP contribution in [-0.2, 0) is 6.42 Å². The maximum Gasteiger partial charge on any atom is 0.269 e. The van der Waals surface area contributed by atoms with Gasteiger partial charge in [0.15, 0.2) is 0 Å². The largest absolute Gasteiger partial charge is 0.370 e. The minimum absolute atomic E-state index is 0.169. The van der Waals surface area contributed by atoms with Gasteiger partial charge in [0.05, 0.1) is 17.1 Å². The third kappa shape index (κ3) is 3.64. The van der Waals surface area contributed by atoms with Crippen LogP contribution in [0.1, 0.15) is 41.6 Å². The zero-order valence-corrected chi connectivity index (χ0v) is 14.6. The second-order valence-electron chi connectivity index (χ2n) is 5.57. The van der Waals surface area contributed by atoms with Gasteiger partial charge in [0, 0.05) is 18.1 Å². The van der Waals surface area contributed by atoms with E-state index in [1.807, 2.05) is 25.1 Å². The highest BCUT2D eigenvalue weighted by molar-refractivity contribution is 7.08. The SMILES string of the molecule is CCc1nnsc1C(=O)Nc1cc(Cl)ccc1N1CCCCC1. The number of benzene rings is 1. The number of carbonyl (C=O) groups is 1. The normalized spacial score (nSPS) is 14.8. The van der Waals surface area contributed by atoms with Crippen LogP contribution in [0.3, 0.4) is 0 Å². The number of hydrogen-bond donors (Lipinski definition) is 1. The standard InChI is InChI=1S/C16H19ClN4OS/c1-2-12-15(23-20-19-12)16(22)18-13-10-11(17)6-7-14(13)21-8-4-3-5-9-21/h6-7,10H,2-5,8-9H2,1H3,(H,18,22). The Balaban J connectivity index is 1.86. The fourth-order valence-corrected chi connectivity index (χ4v) is 3.63. The quantitative estimate of drug-likeness (QED) is 0.905. The van der Waals surface area contributed by atoms with Crippen molar-refractivity contribution < 1.29 is 4.79 Å². The number of nitrogens with one attached hydrogen (secondary N) is 1. The first-order valence-corrected chi connectivity index (χ1v) is 9.01. The molecule has 1 aromatic heterocycles.